The van der Waals surface area contributed by atoms with Crippen LogP contribution >= 0.6 is 11.6 Å². The molecule has 0 radical (unpaired) electrons. The Hall–Kier alpha value is -1.60. The number of carbonyl (C=O) groups excluding carboxylic acids is 1. The number of allylic oxidation sites excluding steroid dienone is 5. The molecule has 0 aliphatic rings. The molecule has 0 aromatic heterocycles. The third-order valence-corrected chi connectivity index (χ3v) is 2.49. The smallest absolute Gasteiger partial charge is 0.252 e. The van der Waals surface area contributed by atoms with Gasteiger partial charge in [-0.3, -0.25) is 4.79 Å². The fourth-order valence-corrected chi connectivity index (χ4v) is 1.54. The summed E-state index contributed by atoms with van der Waals surface area (Å²) in [7, 11) is 0. The molecule has 0 bridgehead atoms. The van der Waals surface area contributed by atoms with Crippen LogP contribution in [0.3, 0.4) is 0 Å². The normalized spacial score (nSPS) is 11.8. The van der Waals surface area contributed by atoms with Crippen LogP contribution in [0.1, 0.15) is 29.3 Å². The minimum absolute atomic E-state index is 0.435. The van der Waals surface area contributed by atoms with Crippen LogP contribution in [0.25, 0.3) is 5.57 Å². The fourth-order valence-electron chi connectivity index (χ4n) is 1.41. The van der Waals surface area contributed by atoms with Crippen LogP contribution in [-0.4, -0.2) is 5.24 Å². The van der Waals surface area contributed by atoms with E-state index < -0.39 is 5.24 Å². The zero-order valence-corrected chi connectivity index (χ0v) is 10.6. The second-order valence-electron chi connectivity index (χ2n) is 3.52. The van der Waals surface area contributed by atoms with Crippen molar-refractivity contribution in [3.63, 3.8) is 0 Å². The Kier molecular flexibility index (Phi) is 5.44. The van der Waals surface area contributed by atoms with Gasteiger partial charge in [0.2, 0.25) is 0 Å². The summed E-state index contributed by atoms with van der Waals surface area (Å²) in [6, 6.07) is 7.21. The second-order valence-corrected chi connectivity index (χ2v) is 3.86. The molecule has 0 aliphatic carbocycles. The van der Waals surface area contributed by atoms with Crippen molar-refractivity contribution in [2.24, 2.45) is 0 Å². The molecule has 1 aromatic rings. The Labute approximate surface area is 107 Å². The van der Waals surface area contributed by atoms with Gasteiger partial charge in [0.1, 0.15) is 0 Å². The van der Waals surface area contributed by atoms with Crippen molar-refractivity contribution in [2.45, 2.75) is 13.3 Å². The maximum atomic E-state index is 10.9. The van der Waals surface area contributed by atoms with Crippen LogP contribution in [-0.2, 0) is 0 Å². The SMILES string of the molecule is C=C/C=C(\C=C/CC)c1ccc(C(=O)Cl)cc1. The molecule has 1 rings (SSSR count). The quantitative estimate of drug-likeness (QED) is 0.548. The Morgan fingerprint density at radius 2 is 1.88 bits per heavy atom. The van der Waals surface area contributed by atoms with Crippen molar-refractivity contribution < 1.29 is 4.79 Å². The molecule has 0 heterocycles. The molecule has 0 saturated heterocycles. The first-order valence-corrected chi connectivity index (χ1v) is 5.86. The monoisotopic (exact) mass is 246 g/mol. The van der Waals surface area contributed by atoms with Crippen molar-refractivity contribution in [1.29, 1.82) is 0 Å². The third-order valence-electron chi connectivity index (χ3n) is 2.28. The fraction of sp³-hybridized carbons (Fsp3) is 0.133. The molecule has 0 aliphatic heterocycles. The topological polar surface area (TPSA) is 17.1 Å². The van der Waals surface area contributed by atoms with E-state index >= 15 is 0 Å². The van der Waals surface area contributed by atoms with Crippen LogP contribution in [0.2, 0.25) is 0 Å². The summed E-state index contributed by atoms with van der Waals surface area (Å²) in [5, 5.41) is -0.435. The van der Waals surface area contributed by atoms with Gasteiger partial charge in [0.05, 0.1) is 0 Å². The lowest BCUT2D eigenvalue weighted by atomic mass is 10.0. The lowest BCUT2D eigenvalue weighted by Gasteiger charge is -2.02. The van der Waals surface area contributed by atoms with E-state index in [1.807, 2.05) is 24.3 Å². The second kappa shape index (κ2) is 6.87. The lowest BCUT2D eigenvalue weighted by molar-refractivity contribution is 0.108. The summed E-state index contributed by atoms with van der Waals surface area (Å²) in [5.41, 5.74) is 2.61. The van der Waals surface area contributed by atoms with Gasteiger partial charge in [0.25, 0.3) is 5.24 Å². The van der Waals surface area contributed by atoms with E-state index in [0.29, 0.717) is 5.56 Å². The Morgan fingerprint density at radius 1 is 1.29 bits per heavy atom. The van der Waals surface area contributed by atoms with Crippen LogP contribution in [0.5, 0.6) is 0 Å². The third kappa shape index (κ3) is 4.04. The van der Waals surface area contributed by atoms with Crippen molar-refractivity contribution in [3.8, 4) is 0 Å². The van der Waals surface area contributed by atoms with Gasteiger partial charge < -0.3 is 0 Å². The highest BCUT2D eigenvalue weighted by Crippen LogP contribution is 2.18. The Bertz CT molecular complexity index is 452. The predicted octanol–water partition coefficient (Wildman–Crippen LogP) is 4.60. The van der Waals surface area contributed by atoms with E-state index in [1.54, 1.807) is 18.2 Å². The standard InChI is InChI=1S/C15H15ClO/c1-3-5-7-12(6-4-2)13-8-10-14(11-9-13)15(16)17/h4-11H,2-3H2,1H3/b7-5-,12-6+. The first kappa shape index (κ1) is 13.5. The van der Waals surface area contributed by atoms with Crippen LogP contribution < -0.4 is 0 Å². The van der Waals surface area contributed by atoms with E-state index in [2.05, 4.69) is 19.6 Å². The molecule has 0 fully saturated rings. The molecule has 1 aromatic carbocycles. The van der Waals surface area contributed by atoms with Gasteiger partial charge >= 0.3 is 0 Å². The Morgan fingerprint density at radius 3 is 2.35 bits per heavy atom. The van der Waals surface area contributed by atoms with Crippen LogP contribution in [0, 0.1) is 0 Å². The van der Waals surface area contributed by atoms with Crippen molar-refractivity contribution in [2.75, 3.05) is 0 Å². The molecular formula is C15H15ClO. The minimum Gasteiger partial charge on any atom is -0.276 e. The number of carbonyl (C=O) groups is 1. The highest BCUT2D eigenvalue weighted by molar-refractivity contribution is 6.67. The summed E-state index contributed by atoms with van der Waals surface area (Å²) >= 11 is 5.40. The van der Waals surface area contributed by atoms with Crippen molar-refractivity contribution >= 4 is 22.4 Å². The highest BCUT2D eigenvalue weighted by Gasteiger charge is 2.02. The van der Waals surface area contributed by atoms with E-state index in [0.717, 1.165) is 17.6 Å². The maximum Gasteiger partial charge on any atom is 0.252 e. The number of rotatable bonds is 5. The van der Waals surface area contributed by atoms with Gasteiger partial charge in [-0.1, -0.05) is 49.9 Å². The molecule has 0 saturated carbocycles. The maximum absolute atomic E-state index is 10.9. The number of hydrogen-bond donors (Lipinski definition) is 0. The summed E-state index contributed by atoms with van der Waals surface area (Å²) in [6.45, 7) is 5.77. The minimum atomic E-state index is -0.435. The van der Waals surface area contributed by atoms with Gasteiger partial charge in [-0.15, -0.1) is 0 Å². The van der Waals surface area contributed by atoms with Crippen LogP contribution in [0.4, 0.5) is 0 Å². The molecule has 0 N–H and O–H groups in total. The molecule has 0 unspecified atom stereocenters. The average Bonchev–Trinajstić information content (AvgIpc) is 2.34. The first-order valence-electron chi connectivity index (χ1n) is 5.48. The molecule has 1 nitrogen and oxygen atoms in total. The predicted molar refractivity (Wildman–Crippen MR) is 74.2 cm³/mol. The molecule has 2 heteroatoms. The summed E-state index contributed by atoms with van der Waals surface area (Å²) in [5.74, 6) is 0. The van der Waals surface area contributed by atoms with E-state index in [9.17, 15) is 4.79 Å². The van der Waals surface area contributed by atoms with Gasteiger partial charge in [-0.05, 0) is 41.3 Å². The zero-order chi connectivity index (χ0) is 12.7. The summed E-state index contributed by atoms with van der Waals surface area (Å²) in [4.78, 5) is 10.9. The first-order chi connectivity index (χ1) is 8.19. The van der Waals surface area contributed by atoms with Crippen molar-refractivity contribution in [1.82, 2.24) is 0 Å². The molecule has 88 valence electrons. The molecular weight excluding hydrogens is 232 g/mol. The lowest BCUT2D eigenvalue weighted by Crippen LogP contribution is -1.89. The van der Waals surface area contributed by atoms with E-state index in [4.69, 9.17) is 11.6 Å². The molecule has 0 atom stereocenters. The Balaban J connectivity index is 3.03. The van der Waals surface area contributed by atoms with Crippen molar-refractivity contribution in [3.05, 3.63) is 66.3 Å². The van der Waals surface area contributed by atoms with Gasteiger partial charge in [-0.2, -0.15) is 0 Å². The van der Waals surface area contributed by atoms with E-state index in [-0.39, 0.29) is 0 Å². The average molecular weight is 247 g/mol. The summed E-state index contributed by atoms with van der Waals surface area (Å²) in [6.07, 6.45) is 8.78. The zero-order valence-electron chi connectivity index (χ0n) is 9.82. The molecule has 0 amide bonds. The number of benzene rings is 1. The molecule has 17 heavy (non-hydrogen) atoms. The van der Waals surface area contributed by atoms with Gasteiger partial charge in [-0.25, -0.2) is 0 Å². The summed E-state index contributed by atoms with van der Waals surface area (Å²) < 4.78 is 0. The highest BCUT2D eigenvalue weighted by atomic mass is 35.5. The molecule has 0 spiro atoms. The number of hydrogen-bond acceptors (Lipinski definition) is 1. The van der Waals surface area contributed by atoms with Crippen LogP contribution in [0.15, 0.2) is 55.1 Å². The van der Waals surface area contributed by atoms with E-state index in [1.165, 1.54) is 0 Å². The largest absolute Gasteiger partial charge is 0.276 e. The van der Waals surface area contributed by atoms with Gasteiger partial charge in [0, 0.05) is 5.56 Å². The number of halogens is 1. The van der Waals surface area contributed by atoms with Gasteiger partial charge in [0.15, 0.2) is 0 Å².